The fourth-order valence-corrected chi connectivity index (χ4v) is 3.45. The third kappa shape index (κ3) is 2.41. The second-order valence-corrected chi connectivity index (χ2v) is 6.69. The maximum Gasteiger partial charge on any atom is 0.435 e. The molecule has 0 atom stereocenters. The topological polar surface area (TPSA) is 55.1 Å². The van der Waals surface area contributed by atoms with Crippen LogP contribution in [-0.4, -0.2) is 28.2 Å². The van der Waals surface area contributed by atoms with Crippen LogP contribution in [0.2, 0.25) is 0 Å². The molecule has 3 heterocycles. The van der Waals surface area contributed by atoms with E-state index in [-0.39, 0.29) is 9.70 Å². The Hall–Kier alpha value is -1.16. The average molecular weight is 369 g/mol. The van der Waals surface area contributed by atoms with E-state index in [1.807, 2.05) is 0 Å². The van der Waals surface area contributed by atoms with Gasteiger partial charge in [-0.25, -0.2) is 4.98 Å². The van der Waals surface area contributed by atoms with Gasteiger partial charge in [-0.05, 0) is 22.9 Å². The first kappa shape index (κ1) is 13.8. The van der Waals surface area contributed by atoms with Crippen LogP contribution in [0.3, 0.4) is 0 Å². The van der Waals surface area contributed by atoms with Gasteiger partial charge in [0.25, 0.3) is 0 Å². The smallest absolute Gasteiger partial charge is 0.346 e. The summed E-state index contributed by atoms with van der Waals surface area (Å²) in [5, 5.41) is 4.04. The summed E-state index contributed by atoms with van der Waals surface area (Å²) < 4.78 is 43.0. The molecule has 2 aromatic rings. The third-order valence-corrected chi connectivity index (χ3v) is 4.65. The first-order chi connectivity index (χ1) is 9.34. The van der Waals surface area contributed by atoms with Crippen LogP contribution in [-0.2, 0) is 6.18 Å². The number of alkyl halides is 3. The Kier molecular flexibility index (Phi) is 3.24. The summed E-state index contributed by atoms with van der Waals surface area (Å²) in [7, 11) is 0. The van der Waals surface area contributed by atoms with E-state index in [4.69, 9.17) is 4.52 Å². The van der Waals surface area contributed by atoms with Crippen LogP contribution < -0.4 is 4.90 Å². The zero-order valence-electron chi connectivity index (χ0n) is 10.1. The lowest BCUT2D eigenvalue weighted by Crippen LogP contribution is -2.45. The molecule has 3 rings (SSSR count). The summed E-state index contributed by atoms with van der Waals surface area (Å²) in [6.45, 7) is 2.77. The molecule has 1 aliphatic heterocycles. The maximum atomic E-state index is 12.7. The molecule has 0 bridgehead atoms. The Labute approximate surface area is 123 Å². The number of thiazole rings is 1. The SMILES string of the molecule is Cc1noc(C2CN(c3nc(C(F)(F)F)c(Br)s3)C2)n1. The minimum atomic E-state index is -4.44. The van der Waals surface area contributed by atoms with Gasteiger partial charge in [-0.1, -0.05) is 16.5 Å². The van der Waals surface area contributed by atoms with E-state index in [0.29, 0.717) is 29.9 Å². The zero-order valence-corrected chi connectivity index (χ0v) is 12.5. The molecule has 2 aromatic heterocycles. The molecule has 0 radical (unpaired) electrons. The molecule has 1 aliphatic rings. The standard InChI is InChI=1S/C10H8BrF3N4OS/c1-4-15-8(19-17-4)5-2-18(3-5)9-16-6(7(11)20-9)10(12,13)14/h5H,2-3H2,1H3. The number of hydrogen-bond donors (Lipinski definition) is 0. The van der Waals surface area contributed by atoms with E-state index in [0.717, 1.165) is 11.3 Å². The Bertz CT molecular complexity index is 635. The van der Waals surface area contributed by atoms with Gasteiger partial charge in [0.05, 0.1) is 5.92 Å². The van der Waals surface area contributed by atoms with Crippen LogP contribution in [0.5, 0.6) is 0 Å². The Morgan fingerprint density at radius 1 is 1.35 bits per heavy atom. The normalized spacial score (nSPS) is 16.6. The highest BCUT2D eigenvalue weighted by Gasteiger charge is 2.40. The molecule has 1 saturated heterocycles. The molecule has 108 valence electrons. The van der Waals surface area contributed by atoms with Crippen LogP contribution in [0.15, 0.2) is 8.31 Å². The molecule has 0 unspecified atom stereocenters. The van der Waals surface area contributed by atoms with Crippen molar-refractivity contribution in [1.29, 1.82) is 0 Å². The fourth-order valence-electron chi connectivity index (χ4n) is 1.87. The van der Waals surface area contributed by atoms with Crippen molar-refractivity contribution >= 4 is 32.4 Å². The highest BCUT2D eigenvalue weighted by atomic mass is 79.9. The van der Waals surface area contributed by atoms with E-state index in [9.17, 15) is 13.2 Å². The van der Waals surface area contributed by atoms with Gasteiger partial charge in [0.15, 0.2) is 16.6 Å². The van der Waals surface area contributed by atoms with Crippen LogP contribution in [0.25, 0.3) is 0 Å². The molecule has 0 N–H and O–H groups in total. The van der Waals surface area contributed by atoms with Crippen molar-refractivity contribution in [1.82, 2.24) is 15.1 Å². The first-order valence-corrected chi connectivity index (χ1v) is 7.24. The van der Waals surface area contributed by atoms with E-state index in [1.165, 1.54) is 0 Å². The number of aryl methyl sites for hydroxylation is 1. The highest BCUT2D eigenvalue weighted by molar-refractivity contribution is 9.11. The van der Waals surface area contributed by atoms with E-state index in [1.54, 1.807) is 11.8 Å². The lowest BCUT2D eigenvalue weighted by molar-refractivity contribution is -0.141. The zero-order chi connectivity index (χ0) is 14.5. The maximum absolute atomic E-state index is 12.7. The predicted molar refractivity (Wildman–Crippen MR) is 68.8 cm³/mol. The van der Waals surface area contributed by atoms with Gasteiger partial charge in [-0.3, -0.25) is 0 Å². The molecular formula is C10H8BrF3N4OS. The minimum absolute atomic E-state index is 0.00270. The number of nitrogens with zero attached hydrogens (tertiary/aromatic N) is 4. The average Bonchev–Trinajstić information content (AvgIpc) is 2.83. The Morgan fingerprint density at radius 3 is 2.55 bits per heavy atom. The van der Waals surface area contributed by atoms with Crippen LogP contribution >= 0.6 is 27.3 Å². The van der Waals surface area contributed by atoms with Crippen molar-refractivity contribution in [3.8, 4) is 0 Å². The number of aromatic nitrogens is 3. The van der Waals surface area contributed by atoms with E-state index >= 15 is 0 Å². The van der Waals surface area contributed by atoms with Crippen molar-refractivity contribution in [2.45, 2.75) is 19.0 Å². The molecule has 0 aromatic carbocycles. The van der Waals surface area contributed by atoms with Gasteiger partial charge in [-0.15, -0.1) is 0 Å². The second kappa shape index (κ2) is 4.69. The van der Waals surface area contributed by atoms with Crippen molar-refractivity contribution in [2.75, 3.05) is 18.0 Å². The Morgan fingerprint density at radius 2 is 2.05 bits per heavy atom. The van der Waals surface area contributed by atoms with Crippen molar-refractivity contribution in [3.05, 3.63) is 21.2 Å². The summed E-state index contributed by atoms with van der Waals surface area (Å²) in [6, 6.07) is 0. The summed E-state index contributed by atoms with van der Waals surface area (Å²) >= 11 is 3.88. The predicted octanol–water partition coefficient (Wildman–Crippen LogP) is 3.22. The van der Waals surface area contributed by atoms with Crippen molar-refractivity contribution in [3.63, 3.8) is 0 Å². The summed E-state index contributed by atoms with van der Waals surface area (Å²) in [5.41, 5.74) is -0.880. The summed E-state index contributed by atoms with van der Waals surface area (Å²) in [4.78, 5) is 9.51. The second-order valence-electron chi connectivity index (χ2n) is 4.40. The number of rotatable bonds is 2. The molecule has 20 heavy (non-hydrogen) atoms. The number of anilines is 1. The van der Waals surface area contributed by atoms with Crippen molar-refractivity contribution < 1.29 is 17.7 Å². The van der Waals surface area contributed by atoms with Gasteiger partial charge >= 0.3 is 6.18 Å². The van der Waals surface area contributed by atoms with Gasteiger partial charge in [0, 0.05) is 13.1 Å². The molecule has 5 nitrogen and oxygen atoms in total. The third-order valence-electron chi connectivity index (χ3n) is 2.89. The Balaban J connectivity index is 1.71. The molecule has 1 fully saturated rings. The molecule has 10 heteroatoms. The van der Waals surface area contributed by atoms with Crippen LogP contribution in [0, 0.1) is 6.92 Å². The fraction of sp³-hybridized carbons (Fsp3) is 0.500. The molecule has 0 spiro atoms. The van der Waals surface area contributed by atoms with E-state index < -0.39 is 11.9 Å². The lowest BCUT2D eigenvalue weighted by atomic mass is 10.0. The van der Waals surface area contributed by atoms with Crippen LogP contribution in [0.4, 0.5) is 18.3 Å². The summed E-state index contributed by atoms with van der Waals surface area (Å²) in [6.07, 6.45) is -4.44. The highest BCUT2D eigenvalue weighted by Crippen LogP contribution is 2.42. The lowest BCUT2D eigenvalue weighted by Gasteiger charge is -2.36. The number of halogens is 4. The number of hydrogen-bond acceptors (Lipinski definition) is 6. The van der Waals surface area contributed by atoms with Gasteiger partial charge in [0.2, 0.25) is 5.89 Å². The molecular weight excluding hydrogens is 361 g/mol. The molecule has 0 amide bonds. The largest absolute Gasteiger partial charge is 0.435 e. The summed E-state index contributed by atoms with van der Waals surface area (Å²) in [5.74, 6) is 1.12. The molecule has 0 saturated carbocycles. The monoisotopic (exact) mass is 368 g/mol. The van der Waals surface area contributed by atoms with E-state index in [2.05, 4.69) is 31.1 Å². The quantitative estimate of drug-likeness (QED) is 0.814. The van der Waals surface area contributed by atoms with Gasteiger partial charge in [-0.2, -0.15) is 18.2 Å². The first-order valence-electron chi connectivity index (χ1n) is 5.63. The van der Waals surface area contributed by atoms with Crippen molar-refractivity contribution in [2.24, 2.45) is 0 Å². The minimum Gasteiger partial charge on any atom is -0.346 e. The molecule has 0 aliphatic carbocycles. The van der Waals surface area contributed by atoms with Gasteiger partial charge in [0.1, 0.15) is 3.79 Å². The van der Waals surface area contributed by atoms with Crippen LogP contribution in [0.1, 0.15) is 23.3 Å². The van der Waals surface area contributed by atoms with Gasteiger partial charge < -0.3 is 9.42 Å².